The normalized spacial score (nSPS) is 19.0. The lowest BCUT2D eigenvalue weighted by atomic mass is 10.0. The summed E-state index contributed by atoms with van der Waals surface area (Å²) in [5.74, 6) is 1.08. The second-order valence-corrected chi connectivity index (χ2v) is 4.50. The second kappa shape index (κ2) is 5.16. The van der Waals surface area contributed by atoms with E-state index in [1.54, 1.807) is 12.1 Å². The predicted octanol–water partition coefficient (Wildman–Crippen LogP) is 1.82. The minimum absolute atomic E-state index is 0.171. The highest BCUT2D eigenvalue weighted by Crippen LogP contribution is 2.23. The highest BCUT2D eigenvalue weighted by molar-refractivity contribution is 5.47. The van der Waals surface area contributed by atoms with Crippen molar-refractivity contribution in [2.75, 3.05) is 6.54 Å². The standard InChI is InChI=1S/C13H13N5O/c14-7-9-4-5-11(16-8-9)13-17-12(18-19-13)10-3-1-2-6-15-10/h4-5,8,10,15H,1-3,6H2. The molecule has 2 aromatic heterocycles. The number of nitriles is 1. The summed E-state index contributed by atoms with van der Waals surface area (Å²) in [7, 11) is 0. The summed E-state index contributed by atoms with van der Waals surface area (Å²) in [5, 5.41) is 16.1. The van der Waals surface area contributed by atoms with Gasteiger partial charge in [-0.05, 0) is 31.5 Å². The topological polar surface area (TPSA) is 87.6 Å². The zero-order valence-electron chi connectivity index (χ0n) is 10.3. The molecule has 0 saturated carbocycles. The molecule has 2 aromatic rings. The van der Waals surface area contributed by atoms with Gasteiger partial charge in [0.05, 0.1) is 11.6 Å². The highest BCUT2D eigenvalue weighted by atomic mass is 16.5. The first-order valence-corrected chi connectivity index (χ1v) is 6.30. The molecule has 0 spiro atoms. The Bertz CT molecular complexity index is 592. The molecule has 6 nitrogen and oxygen atoms in total. The average Bonchev–Trinajstić information content (AvgIpc) is 2.98. The van der Waals surface area contributed by atoms with Crippen LogP contribution in [0, 0.1) is 11.3 Å². The third-order valence-corrected chi connectivity index (χ3v) is 3.18. The molecule has 6 heteroatoms. The molecule has 1 aliphatic heterocycles. The van der Waals surface area contributed by atoms with Crippen molar-refractivity contribution in [3.8, 4) is 17.7 Å². The zero-order valence-corrected chi connectivity index (χ0v) is 10.3. The van der Waals surface area contributed by atoms with Crippen LogP contribution in [0.1, 0.15) is 36.7 Å². The van der Waals surface area contributed by atoms with E-state index in [0.717, 1.165) is 13.0 Å². The lowest BCUT2D eigenvalue weighted by molar-refractivity contribution is 0.366. The third kappa shape index (κ3) is 2.46. The van der Waals surface area contributed by atoms with E-state index >= 15 is 0 Å². The van der Waals surface area contributed by atoms with E-state index in [0.29, 0.717) is 23.0 Å². The van der Waals surface area contributed by atoms with Crippen molar-refractivity contribution in [2.24, 2.45) is 0 Å². The Hall–Kier alpha value is -2.26. The number of nitrogens with one attached hydrogen (secondary N) is 1. The molecule has 1 unspecified atom stereocenters. The number of pyridine rings is 1. The van der Waals surface area contributed by atoms with Crippen molar-refractivity contribution < 1.29 is 4.52 Å². The van der Waals surface area contributed by atoms with Gasteiger partial charge in [-0.3, -0.25) is 0 Å². The smallest absolute Gasteiger partial charge is 0.276 e. The predicted molar refractivity (Wildman–Crippen MR) is 66.8 cm³/mol. The van der Waals surface area contributed by atoms with Crippen molar-refractivity contribution in [3.63, 3.8) is 0 Å². The molecule has 1 fully saturated rings. The minimum atomic E-state index is 0.171. The lowest BCUT2D eigenvalue weighted by Gasteiger charge is -2.19. The van der Waals surface area contributed by atoms with Crippen LogP contribution in [0.4, 0.5) is 0 Å². The van der Waals surface area contributed by atoms with E-state index in [9.17, 15) is 0 Å². The van der Waals surface area contributed by atoms with Gasteiger partial charge in [-0.25, -0.2) is 4.98 Å². The van der Waals surface area contributed by atoms with Crippen molar-refractivity contribution in [1.82, 2.24) is 20.4 Å². The SMILES string of the molecule is N#Cc1ccc(-c2nc(C3CCCCN3)no2)nc1. The van der Waals surface area contributed by atoms with Crippen LogP contribution in [0.15, 0.2) is 22.9 Å². The fourth-order valence-corrected chi connectivity index (χ4v) is 2.14. The molecule has 1 N–H and O–H groups in total. The number of nitrogens with zero attached hydrogens (tertiary/aromatic N) is 4. The maximum absolute atomic E-state index is 8.72. The van der Waals surface area contributed by atoms with E-state index in [4.69, 9.17) is 9.78 Å². The molecule has 19 heavy (non-hydrogen) atoms. The van der Waals surface area contributed by atoms with Crippen molar-refractivity contribution in [3.05, 3.63) is 29.7 Å². The number of hydrogen-bond donors (Lipinski definition) is 1. The summed E-state index contributed by atoms with van der Waals surface area (Å²) in [5.41, 5.74) is 1.10. The minimum Gasteiger partial charge on any atom is -0.332 e. The number of hydrogen-bond acceptors (Lipinski definition) is 6. The molecule has 1 saturated heterocycles. The van der Waals surface area contributed by atoms with E-state index < -0.39 is 0 Å². The van der Waals surface area contributed by atoms with Gasteiger partial charge in [0.15, 0.2) is 5.82 Å². The Morgan fingerprint density at radius 3 is 3.00 bits per heavy atom. The van der Waals surface area contributed by atoms with Gasteiger partial charge in [-0.2, -0.15) is 10.2 Å². The summed E-state index contributed by atoms with van der Waals surface area (Å²) in [4.78, 5) is 8.51. The summed E-state index contributed by atoms with van der Waals surface area (Å²) in [6.45, 7) is 0.990. The van der Waals surface area contributed by atoms with E-state index in [1.165, 1.54) is 19.0 Å². The van der Waals surface area contributed by atoms with Crippen molar-refractivity contribution >= 4 is 0 Å². The zero-order chi connectivity index (χ0) is 13.1. The van der Waals surface area contributed by atoms with Crippen LogP contribution in [0.2, 0.25) is 0 Å². The first-order chi connectivity index (χ1) is 9.36. The second-order valence-electron chi connectivity index (χ2n) is 4.50. The van der Waals surface area contributed by atoms with E-state index in [-0.39, 0.29) is 6.04 Å². The fraction of sp³-hybridized carbons (Fsp3) is 0.385. The number of piperidine rings is 1. The molecule has 0 aliphatic carbocycles. The molecule has 3 heterocycles. The third-order valence-electron chi connectivity index (χ3n) is 3.18. The average molecular weight is 255 g/mol. The lowest BCUT2D eigenvalue weighted by Crippen LogP contribution is -2.27. The monoisotopic (exact) mass is 255 g/mol. The Kier molecular flexibility index (Phi) is 3.21. The van der Waals surface area contributed by atoms with E-state index in [2.05, 4.69) is 20.4 Å². The van der Waals surface area contributed by atoms with Gasteiger partial charge < -0.3 is 9.84 Å². The molecule has 1 atom stereocenters. The molecular formula is C13H13N5O. The Morgan fingerprint density at radius 2 is 2.32 bits per heavy atom. The van der Waals surface area contributed by atoms with Gasteiger partial charge in [-0.1, -0.05) is 11.6 Å². The summed E-state index contributed by atoms with van der Waals surface area (Å²) < 4.78 is 5.23. The maximum atomic E-state index is 8.72. The summed E-state index contributed by atoms with van der Waals surface area (Å²) in [6.07, 6.45) is 4.90. The molecule has 0 aromatic carbocycles. The first kappa shape index (κ1) is 11.8. The summed E-state index contributed by atoms with van der Waals surface area (Å²) in [6, 6.07) is 5.59. The number of aromatic nitrogens is 3. The van der Waals surface area contributed by atoms with Crippen molar-refractivity contribution in [2.45, 2.75) is 25.3 Å². The molecule has 3 rings (SSSR count). The van der Waals surface area contributed by atoms with Gasteiger partial charge in [-0.15, -0.1) is 0 Å². The summed E-state index contributed by atoms with van der Waals surface area (Å²) >= 11 is 0. The fourth-order valence-electron chi connectivity index (χ4n) is 2.14. The van der Waals surface area contributed by atoms with Gasteiger partial charge in [0, 0.05) is 6.20 Å². The van der Waals surface area contributed by atoms with E-state index in [1.807, 2.05) is 6.07 Å². The molecule has 0 amide bonds. The maximum Gasteiger partial charge on any atom is 0.276 e. The first-order valence-electron chi connectivity index (χ1n) is 6.30. The quantitative estimate of drug-likeness (QED) is 0.880. The van der Waals surface area contributed by atoms with Gasteiger partial charge in [0.2, 0.25) is 0 Å². The largest absolute Gasteiger partial charge is 0.332 e. The molecule has 0 radical (unpaired) electrons. The van der Waals surface area contributed by atoms with Crippen LogP contribution in [0.5, 0.6) is 0 Å². The van der Waals surface area contributed by atoms with Gasteiger partial charge >= 0.3 is 0 Å². The molecule has 1 aliphatic rings. The van der Waals surface area contributed by atoms with Crippen LogP contribution < -0.4 is 5.32 Å². The number of rotatable bonds is 2. The van der Waals surface area contributed by atoms with Crippen molar-refractivity contribution in [1.29, 1.82) is 5.26 Å². The van der Waals surface area contributed by atoms with Crippen LogP contribution in [0.25, 0.3) is 11.6 Å². The molecule has 96 valence electrons. The Balaban J connectivity index is 1.81. The van der Waals surface area contributed by atoms with Crippen LogP contribution in [0.3, 0.4) is 0 Å². The Morgan fingerprint density at radius 1 is 1.37 bits per heavy atom. The van der Waals surface area contributed by atoms with Gasteiger partial charge in [0.25, 0.3) is 5.89 Å². The molecular weight excluding hydrogens is 242 g/mol. The molecule has 0 bridgehead atoms. The van der Waals surface area contributed by atoms with Crippen LogP contribution in [-0.4, -0.2) is 21.7 Å². The Labute approximate surface area is 110 Å². The van der Waals surface area contributed by atoms with Crippen LogP contribution in [-0.2, 0) is 0 Å². The highest BCUT2D eigenvalue weighted by Gasteiger charge is 2.21. The van der Waals surface area contributed by atoms with Crippen LogP contribution >= 0.6 is 0 Å². The van der Waals surface area contributed by atoms with Gasteiger partial charge in [0.1, 0.15) is 11.8 Å².